The van der Waals surface area contributed by atoms with E-state index >= 15 is 0 Å². The van der Waals surface area contributed by atoms with Gasteiger partial charge in [0.05, 0.1) is 5.69 Å². The molecule has 0 saturated heterocycles. The largest absolute Gasteiger partial charge is 0.352 e. The van der Waals surface area contributed by atoms with Crippen LogP contribution in [0.4, 0.5) is 11.8 Å². The van der Waals surface area contributed by atoms with Crippen LogP contribution >= 0.6 is 0 Å². The van der Waals surface area contributed by atoms with Gasteiger partial charge >= 0.3 is 0 Å². The van der Waals surface area contributed by atoms with Crippen molar-refractivity contribution >= 4 is 11.8 Å². The fourth-order valence-corrected chi connectivity index (χ4v) is 2.64. The molecule has 0 fully saturated rings. The van der Waals surface area contributed by atoms with Crippen LogP contribution in [0.1, 0.15) is 30.8 Å². The van der Waals surface area contributed by atoms with Gasteiger partial charge in [0.2, 0.25) is 5.95 Å². The number of hydrogen-bond donors (Lipinski definition) is 1. The summed E-state index contributed by atoms with van der Waals surface area (Å²) in [5, 5.41) is 3.29. The smallest absolute Gasteiger partial charge is 0.223 e. The first-order chi connectivity index (χ1) is 10.1. The third kappa shape index (κ3) is 2.96. The fourth-order valence-electron chi connectivity index (χ4n) is 2.64. The van der Waals surface area contributed by atoms with Gasteiger partial charge in [-0.1, -0.05) is 6.07 Å². The standard InChI is InChI=1S/C16H21N5/c1-11(2)18-16-19-12(3)13-10-21(9-7-14(13)20-16)15-6-4-5-8-17-15/h4-6,8,11H,7,9-10H2,1-3H3,(H,18,19,20). The Balaban J connectivity index is 1.86. The van der Waals surface area contributed by atoms with Crippen LogP contribution in [0.2, 0.25) is 0 Å². The molecule has 3 heterocycles. The van der Waals surface area contributed by atoms with E-state index in [9.17, 15) is 0 Å². The average molecular weight is 283 g/mol. The van der Waals surface area contributed by atoms with Crippen molar-refractivity contribution in [2.24, 2.45) is 0 Å². The number of nitrogens with zero attached hydrogens (tertiary/aromatic N) is 4. The van der Waals surface area contributed by atoms with Crippen molar-refractivity contribution in [3.05, 3.63) is 41.3 Å². The van der Waals surface area contributed by atoms with E-state index in [1.807, 2.05) is 18.3 Å². The molecule has 0 aromatic carbocycles. The number of nitrogens with one attached hydrogen (secondary N) is 1. The Bertz CT molecular complexity index is 624. The van der Waals surface area contributed by atoms with E-state index in [2.05, 4.69) is 52.0 Å². The first-order valence-corrected chi connectivity index (χ1v) is 7.42. The molecule has 2 aromatic heterocycles. The highest BCUT2D eigenvalue weighted by atomic mass is 15.2. The van der Waals surface area contributed by atoms with Crippen molar-refractivity contribution in [3.8, 4) is 0 Å². The maximum atomic E-state index is 4.67. The summed E-state index contributed by atoms with van der Waals surface area (Å²) in [5.74, 6) is 1.76. The number of fused-ring (bicyclic) bond motifs is 1. The lowest BCUT2D eigenvalue weighted by Crippen LogP contribution is -2.32. The van der Waals surface area contributed by atoms with Crippen molar-refractivity contribution in [2.45, 2.75) is 39.8 Å². The molecule has 0 amide bonds. The normalized spacial score (nSPS) is 14.2. The van der Waals surface area contributed by atoms with E-state index < -0.39 is 0 Å². The Hall–Kier alpha value is -2.17. The molecular weight excluding hydrogens is 262 g/mol. The Labute approximate surface area is 125 Å². The maximum Gasteiger partial charge on any atom is 0.223 e. The third-order valence-electron chi connectivity index (χ3n) is 3.66. The summed E-state index contributed by atoms with van der Waals surface area (Å²) < 4.78 is 0. The predicted octanol–water partition coefficient (Wildman–Crippen LogP) is 2.56. The lowest BCUT2D eigenvalue weighted by molar-refractivity contribution is 0.689. The number of aryl methyl sites for hydroxylation is 1. The molecule has 0 spiro atoms. The van der Waals surface area contributed by atoms with Crippen LogP contribution in [0, 0.1) is 6.92 Å². The summed E-state index contributed by atoms with van der Waals surface area (Å²) in [6.45, 7) is 8.04. The van der Waals surface area contributed by atoms with Crippen LogP contribution < -0.4 is 10.2 Å². The Morgan fingerprint density at radius 1 is 1.24 bits per heavy atom. The van der Waals surface area contributed by atoms with Gasteiger partial charge in [-0.2, -0.15) is 0 Å². The first-order valence-electron chi connectivity index (χ1n) is 7.42. The number of pyridine rings is 1. The molecule has 5 nitrogen and oxygen atoms in total. The summed E-state index contributed by atoms with van der Waals surface area (Å²) in [6, 6.07) is 6.36. The molecule has 3 rings (SSSR count). The second kappa shape index (κ2) is 5.68. The van der Waals surface area contributed by atoms with Crippen LogP contribution in [-0.4, -0.2) is 27.5 Å². The van der Waals surface area contributed by atoms with E-state index in [-0.39, 0.29) is 0 Å². The maximum absolute atomic E-state index is 4.67. The lowest BCUT2D eigenvalue weighted by Gasteiger charge is -2.30. The molecule has 1 aliphatic heterocycles. The zero-order chi connectivity index (χ0) is 14.8. The van der Waals surface area contributed by atoms with Crippen molar-refractivity contribution < 1.29 is 0 Å². The molecule has 0 atom stereocenters. The molecule has 0 bridgehead atoms. The van der Waals surface area contributed by atoms with Gasteiger partial charge in [-0.05, 0) is 32.9 Å². The molecule has 0 saturated carbocycles. The second-order valence-electron chi connectivity index (χ2n) is 5.72. The lowest BCUT2D eigenvalue weighted by atomic mass is 10.0. The van der Waals surface area contributed by atoms with Gasteiger partial charge in [0.1, 0.15) is 5.82 Å². The van der Waals surface area contributed by atoms with E-state index in [1.54, 1.807) is 0 Å². The van der Waals surface area contributed by atoms with Crippen LogP contribution in [0.15, 0.2) is 24.4 Å². The van der Waals surface area contributed by atoms with Crippen molar-refractivity contribution in [2.75, 3.05) is 16.8 Å². The fraction of sp³-hybridized carbons (Fsp3) is 0.438. The third-order valence-corrected chi connectivity index (χ3v) is 3.66. The minimum Gasteiger partial charge on any atom is -0.352 e. The van der Waals surface area contributed by atoms with E-state index in [1.165, 1.54) is 5.56 Å². The van der Waals surface area contributed by atoms with Gasteiger partial charge in [0.25, 0.3) is 0 Å². The molecule has 0 radical (unpaired) electrons. The van der Waals surface area contributed by atoms with Gasteiger partial charge in [0.15, 0.2) is 0 Å². The SMILES string of the molecule is Cc1nc(NC(C)C)nc2c1CN(c1ccccn1)CC2. The topological polar surface area (TPSA) is 53.9 Å². The minimum absolute atomic E-state index is 0.344. The number of rotatable bonds is 3. The van der Waals surface area contributed by atoms with Gasteiger partial charge < -0.3 is 10.2 Å². The summed E-state index contributed by atoms with van der Waals surface area (Å²) in [4.78, 5) is 16.0. The molecule has 110 valence electrons. The van der Waals surface area contributed by atoms with E-state index in [4.69, 9.17) is 0 Å². The monoisotopic (exact) mass is 283 g/mol. The average Bonchev–Trinajstić information content (AvgIpc) is 2.47. The molecule has 2 aromatic rings. The van der Waals surface area contributed by atoms with E-state index in [0.29, 0.717) is 6.04 Å². The summed E-state index contributed by atoms with van der Waals surface area (Å²) in [7, 11) is 0. The highest BCUT2D eigenvalue weighted by Gasteiger charge is 2.21. The molecule has 1 aliphatic rings. The first kappa shape index (κ1) is 13.8. The number of hydrogen-bond acceptors (Lipinski definition) is 5. The Morgan fingerprint density at radius 3 is 2.81 bits per heavy atom. The summed E-state index contributed by atoms with van der Waals surface area (Å²) in [5.41, 5.74) is 3.46. The number of anilines is 2. The highest BCUT2D eigenvalue weighted by molar-refractivity contribution is 5.45. The Kier molecular flexibility index (Phi) is 3.73. The summed E-state index contributed by atoms with van der Waals surface area (Å²) in [6.07, 6.45) is 2.77. The van der Waals surface area contributed by atoms with Gasteiger partial charge in [-0.15, -0.1) is 0 Å². The van der Waals surface area contributed by atoms with Gasteiger partial charge in [0, 0.05) is 43.0 Å². The minimum atomic E-state index is 0.344. The molecular formula is C16H21N5. The van der Waals surface area contributed by atoms with Gasteiger partial charge in [-0.25, -0.2) is 15.0 Å². The molecule has 1 N–H and O–H groups in total. The quantitative estimate of drug-likeness (QED) is 0.938. The zero-order valence-corrected chi connectivity index (χ0v) is 12.8. The van der Waals surface area contributed by atoms with Crippen LogP contribution in [0.25, 0.3) is 0 Å². The molecule has 5 heteroatoms. The van der Waals surface area contributed by atoms with Gasteiger partial charge in [-0.3, -0.25) is 0 Å². The molecule has 21 heavy (non-hydrogen) atoms. The molecule has 0 aliphatic carbocycles. The Morgan fingerprint density at radius 2 is 2.10 bits per heavy atom. The summed E-state index contributed by atoms with van der Waals surface area (Å²) >= 11 is 0. The van der Waals surface area contributed by atoms with Crippen molar-refractivity contribution in [3.63, 3.8) is 0 Å². The zero-order valence-electron chi connectivity index (χ0n) is 12.8. The van der Waals surface area contributed by atoms with E-state index in [0.717, 1.165) is 42.7 Å². The van der Waals surface area contributed by atoms with Crippen LogP contribution in [0.3, 0.4) is 0 Å². The second-order valence-corrected chi connectivity index (χ2v) is 5.72. The molecule has 0 unspecified atom stereocenters. The van der Waals surface area contributed by atoms with Crippen LogP contribution in [0.5, 0.6) is 0 Å². The predicted molar refractivity (Wildman–Crippen MR) is 84.5 cm³/mol. The van der Waals surface area contributed by atoms with Crippen molar-refractivity contribution in [1.29, 1.82) is 0 Å². The highest BCUT2D eigenvalue weighted by Crippen LogP contribution is 2.24. The van der Waals surface area contributed by atoms with Crippen molar-refractivity contribution in [1.82, 2.24) is 15.0 Å². The number of aromatic nitrogens is 3. The van der Waals surface area contributed by atoms with Crippen LogP contribution in [-0.2, 0) is 13.0 Å².